The quantitative estimate of drug-likeness (QED) is 0.722. The van der Waals surface area contributed by atoms with Gasteiger partial charge in [0.15, 0.2) is 0 Å². The van der Waals surface area contributed by atoms with Crippen LogP contribution in [-0.2, 0) is 12.0 Å². The predicted octanol–water partition coefficient (Wildman–Crippen LogP) is 2.97. The van der Waals surface area contributed by atoms with Crippen molar-refractivity contribution in [2.75, 3.05) is 6.54 Å². The summed E-state index contributed by atoms with van der Waals surface area (Å²) in [6.45, 7) is 1.09. The number of hydrogen-bond donors (Lipinski definition) is 1. The van der Waals surface area contributed by atoms with Gasteiger partial charge in [-0.25, -0.2) is 0 Å². The average Bonchev–Trinajstić information content (AvgIpc) is 2.89. The molecule has 0 aromatic carbocycles. The highest BCUT2D eigenvalue weighted by atomic mass is 16.3. The molecule has 2 fully saturated rings. The Kier molecular flexibility index (Phi) is 1.69. The first-order valence-corrected chi connectivity index (χ1v) is 6.64. The van der Waals surface area contributed by atoms with Crippen LogP contribution >= 0.6 is 0 Å². The van der Waals surface area contributed by atoms with Crippen LogP contribution in [-0.4, -0.2) is 6.54 Å². The minimum Gasteiger partial charge on any atom is -0.469 e. The van der Waals surface area contributed by atoms with Gasteiger partial charge in [-0.2, -0.15) is 0 Å². The highest BCUT2D eigenvalue weighted by Gasteiger charge is 2.51. The summed E-state index contributed by atoms with van der Waals surface area (Å²) in [5.41, 5.74) is 2.51. The van der Waals surface area contributed by atoms with Crippen LogP contribution in [0.4, 0.5) is 0 Å². The first-order chi connectivity index (χ1) is 7.82. The molecule has 1 aromatic rings. The van der Waals surface area contributed by atoms with Crippen LogP contribution in [0.2, 0.25) is 0 Å². The third-order valence-electron chi connectivity index (χ3n) is 5.20. The highest BCUT2D eigenvalue weighted by molar-refractivity contribution is 5.31. The van der Waals surface area contributed by atoms with E-state index in [1.165, 1.54) is 49.8 Å². The van der Waals surface area contributed by atoms with Crippen LogP contribution in [0.25, 0.3) is 0 Å². The Balaban J connectivity index is 1.68. The molecule has 3 aliphatic rings. The molecule has 0 amide bonds. The van der Waals surface area contributed by atoms with Crippen molar-refractivity contribution in [2.24, 2.45) is 5.41 Å². The number of rotatable bonds is 0. The molecule has 4 rings (SSSR count). The summed E-state index contributed by atoms with van der Waals surface area (Å²) in [4.78, 5) is 0. The van der Waals surface area contributed by atoms with E-state index in [-0.39, 0.29) is 5.54 Å². The van der Waals surface area contributed by atoms with E-state index in [1.54, 1.807) is 0 Å². The summed E-state index contributed by atoms with van der Waals surface area (Å²) in [7, 11) is 0. The molecule has 0 bridgehead atoms. The SMILES string of the molecule is c1cc2c(o1)CCNC21CCC2(CC2)CC1. The lowest BCUT2D eigenvalue weighted by atomic mass is 9.70. The zero-order valence-corrected chi connectivity index (χ0v) is 9.72. The lowest BCUT2D eigenvalue weighted by molar-refractivity contribution is 0.164. The molecule has 2 heteroatoms. The molecule has 2 spiro atoms. The Labute approximate surface area is 96.4 Å². The number of furan rings is 1. The van der Waals surface area contributed by atoms with Crippen LogP contribution in [0.5, 0.6) is 0 Å². The zero-order valence-electron chi connectivity index (χ0n) is 9.72. The van der Waals surface area contributed by atoms with E-state index in [0.717, 1.165) is 18.4 Å². The average molecular weight is 217 g/mol. The van der Waals surface area contributed by atoms with Crippen LogP contribution in [0.3, 0.4) is 0 Å². The van der Waals surface area contributed by atoms with E-state index in [9.17, 15) is 0 Å². The van der Waals surface area contributed by atoms with Crippen molar-refractivity contribution in [3.05, 3.63) is 23.7 Å². The summed E-state index contributed by atoms with van der Waals surface area (Å²) in [6.07, 6.45) is 11.4. The van der Waals surface area contributed by atoms with E-state index in [0.29, 0.717) is 0 Å². The third kappa shape index (κ3) is 1.17. The van der Waals surface area contributed by atoms with Crippen molar-refractivity contribution >= 4 is 0 Å². The summed E-state index contributed by atoms with van der Waals surface area (Å²) in [5.74, 6) is 1.24. The van der Waals surface area contributed by atoms with E-state index in [4.69, 9.17) is 4.42 Å². The molecule has 86 valence electrons. The lowest BCUT2D eigenvalue weighted by Crippen LogP contribution is -2.49. The monoisotopic (exact) mass is 217 g/mol. The van der Waals surface area contributed by atoms with E-state index in [2.05, 4.69) is 11.4 Å². The number of fused-ring (bicyclic) bond motifs is 2. The molecule has 0 atom stereocenters. The number of hydrogen-bond acceptors (Lipinski definition) is 2. The van der Waals surface area contributed by atoms with Gasteiger partial charge in [0.05, 0.1) is 6.26 Å². The summed E-state index contributed by atoms with van der Waals surface area (Å²) in [6, 6.07) is 2.20. The molecule has 0 saturated heterocycles. The molecule has 2 aliphatic carbocycles. The number of nitrogens with one attached hydrogen (secondary N) is 1. The Morgan fingerprint density at radius 1 is 1.06 bits per heavy atom. The van der Waals surface area contributed by atoms with Crippen LogP contribution < -0.4 is 5.32 Å². The van der Waals surface area contributed by atoms with Gasteiger partial charge >= 0.3 is 0 Å². The minimum absolute atomic E-state index is 0.272. The fourth-order valence-electron chi connectivity index (χ4n) is 3.80. The van der Waals surface area contributed by atoms with Crippen molar-refractivity contribution in [2.45, 2.75) is 50.5 Å². The van der Waals surface area contributed by atoms with Gasteiger partial charge in [0.25, 0.3) is 0 Å². The summed E-state index contributed by atoms with van der Waals surface area (Å²) >= 11 is 0. The largest absolute Gasteiger partial charge is 0.469 e. The van der Waals surface area contributed by atoms with Gasteiger partial charge in [-0.3, -0.25) is 0 Å². The fraction of sp³-hybridized carbons (Fsp3) is 0.714. The molecule has 1 aliphatic heterocycles. The minimum atomic E-state index is 0.272. The molecule has 0 radical (unpaired) electrons. The molecule has 2 nitrogen and oxygen atoms in total. The van der Waals surface area contributed by atoms with Crippen molar-refractivity contribution in [1.82, 2.24) is 5.32 Å². The maximum Gasteiger partial charge on any atom is 0.110 e. The van der Waals surface area contributed by atoms with Gasteiger partial charge in [0.2, 0.25) is 0 Å². The standard InChI is InChI=1S/C14H19NO/c1-9-15-14(11-2-10-16-12(1)11)7-5-13(3-4-13)6-8-14/h2,10,15H,1,3-9H2. The maximum atomic E-state index is 5.61. The van der Waals surface area contributed by atoms with Gasteiger partial charge < -0.3 is 9.73 Å². The second-order valence-electron chi connectivity index (χ2n) is 6.02. The van der Waals surface area contributed by atoms with Crippen molar-refractivity contribution in [3.8, 4) is 0 Å². The Bertz CT molecular complexity index is 406. The van der Waals surface area contributed by atoms with E-state index in [1.807, 2.05) is 6.26 Å². The molecule has 1 aromatic heterocycles. The topological polar surface area (TPSA) is 25.2 Å². The van der Waals surface area contributed by atoms with Crippen LogP contribution in [0.1, 0.15) is 49.8 Å². The van der Waals surface area contributed by atoms with Gasteiger partial charge in [0, 0.05) is 24.1 Å². The molecular formula is C14H19NO. The van der Waals surface area contributed by atoms with Crippen molar-refractivity contribution in [1.29, 1.82) is 0 Å². The Morgan fingerprint density at radius 2 is 1.81 bits per heavy atom. The molecule has 16 heavy (non-hydrogen) atoms. The second-order valence-corrected chi connectivity index (χ2v) is 6.02. The molecule has 0 unspecified atom stereocenters. The Hall–Kier alpha value is -0.760. The van der Waals surface area contributed by atoms with Crippen molar-refractivity contribution in [3.63, 3.8) is 0 Å². The molecule has 2 heterocycles. The lowest BCUT2D eigenvalue weighted by Gasteiger charge is -2.43. The molecule has 1 N–H and O–H groups in total. The van der Waals surface area contributed by atoms with Gasteiger partial charge in [-0.15, -0.1) is 0 Å². The van der Waals surface area contributed by atoms with Crippen LogP contribution in [0, 0.1) is 5.41 Å². The summed E-state index contributed by atoms with van der Waals surface area (Å²) < 4.78 is 5.61. The summed E-state index contributed by atoms with van der Waals surface area (Å²) in [5, 5.41) is 3.78. The Morgan fingerprint density at radius 3 is 2.56 bits per heavy atom. The zero-order chi connectivity index (χ0) is 10.6. The van der Waals surface area contributed by atoms with Crippen LogP contribution in [0.15, 0.2) is 16.7 Å². The molecule has 2 saturated carbocycles. The maximum absolute atomic E-state index is 5.61. The first kappa shape index (κ1) is 9.29. The van der Waals surface area contributed by atoms with Crippen molar-refractivity contribution < 1.29 is 4.42 Å². The van der Waals surface area contributed by atoms with Gasteiger partial charge in [-0.05, 0) is 50.0 Å². The van der Waals surface area contributed by atoms with E-state index < -0.39 is 0 Å². The molecular weight excluding hydrogens is 198 g/mol. The fourth-order valence-corrected chi connectivity index (χ4v) is 3.80. The first-order valence-electron chi connectivity index (χ1n) is 6.64. The van der Waals surface area contributed by atoms with E-state index >= 15 is 0 Å². The highest BCUT2D eigenvalue weighted by Crippen LogP contribution is 2.60. The van der Waals surface area contributed by atoms with Gasteiger partial charge in [-0.1, -0.05) is 0 Å². The van der Waals surface area contributed by atoms with Gasteiger partial charge in [0.1, 0.15) is 5.76 Å². The normalized spacial score (nSPS) is 29.2. The predicted molar refractivity (Wildman–Crippen MR) is 62.2 cm³/mol. The third-order valence-corrected chi connectivity index (χ3v) is 5.20. The second kappa shape index (κ2) is 2.92. The smallest absolute Gasteiger partial charge is 0.110 e.